The summed E-state index contributed by atoms with van der Waals surface area (Å²) in [5.41, 5.74) is 1.45. The molecule has 0 saturated carbocycles. The van der Waals surface area contributed by atoms with Crippen LogP contribution >= 0.6 is 0 Å². The molecule has 2 aliphatic heterocycles. The Balaban J connectivity index is 1.95. The molecule has 0 aliphatic carbocycles. The minimum absolute atomic E-state index is 0.0140. The number of likely N-dealkylation sites (N-methyl/N-ethyl adjacent to an activating group) is 3. The highest BCUT2D eigenvalue weighted by molar-refractivity contribution is 5.99. The molecule has 4 rings (SSSR count). The van der Waals surface area contributed by atoms with Crippen molar-refractivity contribution >= 4 is 53.2 Å². The number of carbonyl (C=O) groups is 9. The van der Waals surface area contributed by atoms with E-state index in [1.165, 1.54) is 40.7 Å². The van der Waals surface area contributed by atoms with Crippen LogP contribution in [0.4, 0.5) is 0 Å². The van der Waals surface area contributed by atoms with Crippen LogP contribution in [0.2, 0.25) is 0 Å². The van der Waals surface area contributed by atoms with Crippen LogP contribution in [-0.4, -0.2) is 155 Å². The van der Waals surface area contributed by atoms with Gasteiger partial charge in [0.05, 0.1) is 0 Å². The normalized spacial score (nSPS) is 26.5. The molecule has 2 fully saturated rings. The Morgan fingerprint density at radius 1 is 0.538 bits per heavy atom. The first-order valence-electron chi connectivity index (χ1n) is 28.2. The van der Waals surface area contributed by atoms with E-state index >= 15 is 9.59 Å². The highest BCUT2D eigenvalue weighted by Crippen LogP contribution is 2.26. The summed E-state index contributed by atoms with van der Waals surface area (Å²) in [6.45, 7) is 23.7. The van der Waals surface area contributed by atoms with Gasteiger partial charge in [0.1, 0.15) is 48.3 Å². The molecule has 8 amide bonds. The molecule has 432 valence electrons. The van der Waals surface area contributed by atoms with Crippen molar-refractivity contribution in [2.24, 2.45) is 41.4 Å². The van der Waals surface area contributed by atoms with E-state index in [-0.39, 0.29) is 44.1 Å². The van der Waals surface area contributed by atoms with Gasteiger partial charge < -0.3 is 45.6 Å². The van der Waals surface area contributed by atoms with Gasteiger partial charge in [-0.2, -0.15) is 0 Å². The van der Waals surface area contributed by atoms with Crippen LogP contribution in [0.15, 0.2) is 60.7 Å². The van der Waals surface area contributed by atoms with E-state index in [0.29, 0.717) is 18.4 Å². The molecule has 2 aromatic rings. The number of ether oxygens (including phenoxy) is 1. The molecule has 4 N–H and O–H groups in total. The molecular weight excluding hydrogens is 993 g/mol. The maximum absolute atomic E-state index is 15.3. The van der Waals surface area contributed by atoms with Crippen molar-refractivity contribution in [3.63, 3.8) is 0 Å². The van der Waals surface area contributed by atoms with E-state index in [1.807, 2.05) is 102 Å². The second-order valence-electron chi connectivity index (χ2n) is 23.6. The van der Waals surface area contributed by atoms with E-state index < -0.39 is 137 Å². The lowest BCUT2D eigenvalue weighted by Crippen LogP contribution is -2.62. The standard InChI is InChI=1S/C60H92N8O10/c1-17-39(12)51-55(72)63-47(36(6)7)53(70)61-44(32-41-25-20-18-21-26-41)56(73)65(14)46(33-42-27-22-19-23-28-42)58(75)68-30-24-29-45(68)52(69)64-48(40(13)35(4)5)59(76)66(15)49(37(8)9)54(71)62-43(31-34(2)3)57(74)67(16)50(38(10)11)60(77)78-51/h18-23,25-28,34-40,43-51H,17,24,29-33H2,1-16H3,(H,61,70)(H,62,71)(H,63,72)(H,64,69). The quantitative estimate of drug-likeness (QED) is 0.193. The molecule has 0 aromatic heterocycles. The molecule has 11 atom stereocenters. The lowest BCUT2D eigenvalue weighted by Gasteiger charge is -2.38. The number of cyclic esters (lactones) is 1. The molecule has 2 aliphatic rings. The maximum atomic E-state index is 15.3. The molecule has 18 heteroatoms. The summed E-state index contributed by atoms with van der Waals surface area (Å²) in [6, 6.07) is 8.93. The Morgan fingerprint density at radius 2 is 1.05 bits per heavy atom. The zero-order valence-corrected chi connectivity index (χ0v) is 49.3. The third-order valence-electron chi connectivity index (χ3n) is 15.8. The van der Waals surface area contributed by atoms with Crippen molar-refractivity contribution in [3.05, 3.63) is 71.8 Å². The number of hydrogen-bond acceptors (Lipinski definition) is 10. The monoisotopic (exact) mass is 1080 g/mol. The summed E-state index contributed by atoms with van der Waals surface area (Å²) in [7, 11) is 4.45. The fourth-order valence-electron chi connectivity index (χ4n) is 10.6. The van der Waals surface area contributed by atoms with Gasteiger partial charge in [-0.1, -0.05) is 151 Å². The Bertz CT molecular complexity index is 2380. The van der Waals surface area contributed by atoms with Gasteiger partial charge in [-0.25, -0.2) is 4.79 Å². The molecular formula is C60H92N8O10. The molecule has 2 aromatic carbocycles. The Hall–Kier alpha value is -6.33. The smallest absolute Gasteiger partial charge is 0.329 e. The number of hydrogen-bond donors (Lipinski definition) is 4. The van der Waals surface area contributed by atoms with Gasteiger partial charge in [-0.05, 0) is 72.3 Å². The number of fused-ring (bicyclic) bond motifs is 1. The first-order valence-corrected chi connectivity index (χ1v) is 28.2. The van der Waals surface area contributed by atoms with Crippen LogP contribution in [0.1, 0.15) is 127 Å². The zero-order valence-electron chi connectivity index (χ0n) is 49.3. The summed E-state index contributed by atoms with van der Waals surface area (Å²) >= 11 is 0. The van der Waals surface area contributed by atoms with Gasteiger partial charge in [0, 0.05) is 46.4 Å². The second-order valence-corrected chi connectivity index (χ2v) is 23.6. The summed E-state index contributed by atoms with van der Waals surface area (Å²) in [5, 5.41) is 11.7. The molecule has 18 nitrogen and oxygen atoms in total. The number of benzene rings is 2. The van der Waals surface area contributed by atoms with Gasteiger partial charge in [-0.15, -0.1) is 0 Å². The Morgan fingerprint density at radius 3 is 1.56 bits per heavy atom. The summed E-state index contributed by atoms with van der Waals surface area (Å²) in [4.78, 5) is 139. The SMILES string of the molecule is CCC(C)C1OC(=O)C(C(C)C)N(C)C(=O)C(CC(C)C)NC(=O)C(C(C)C)N(C)C(=O)C(C(C)C(C)C)NC(=O)C2CCCN2C(=O)C(Cc2ccccc2)N(C)C(=O)C(Cc2ccccc2)NC(=O)C(C(C)C)NC1=O. The average Bonchev–Trinajstić information content (AvgIpc) is 3.89. The van der Waals surface area contributed by atoms with E-state index in [1.54, 1.807) is 48.5 Å². The minimum atomic E-state index is -1.41. The number of esters is 1. The van der Waals surface area contributed by atoms with Crippen LogP contribution in [0, 0.1) is 41.4 Å². The third-order valence-corrected chi connectivity index (χ3v) is 15.8. The lowest BCUT2D eigenvalue weighted by molar-refractivity contribution is -0.168. The van der Waals surface area contributed by atoms with Gasteiger partial charge in [0.2, 0.25) is 41.4 Å². The van der Waals surface area contributed by atoms with E-state index in [0.717, 1.165) is 5.56 Å². The number of carbonyl (C=O) groups excluding carboxylic acids is 9. The molecule has 11 unspecified atom stereocenters. The topological polar surface area (TPSA) is 224 Å². The van der Waals surface area contributed by atoms with Crippen LogP contribution in [0.3, 0.4) is 0 Å². The molecule has 0 spiro atoms. The van der Waals surface area contributed by atoms with Gasteiger partial charge in [-0.3, -0.25) is 38.4 Å². The van der Waals surface area contributed by atoms with E-state index in [2.05, 4.69) is 21.3 Å². The van der Waals surface area contributed by atoms with Gasteiger partial charge >= 0.3 is 5.97 Å². The first-order chi connectivity index (χ1) is 36.6. The van der Waals surface area contributed by atoms with E-state index in [4.69, 9.17) is 4.74 Å². The summed E-state index contributed by atoms with van der Waals surface area (Å²) < 4.78 is 6.10. The highest BCUT2D eigenvalue weighted by Gasteiger charge is 2.46. The van der Waals surface area contributed by atoms with Crippen LogP contribution < -0.4 is 21.3 Å². The molecule has 2 saturated heterocycles. The van der Waals surface area contributed by atoms with Crippen molar-refractivity contribution in [1.82, 2.24) is 40.9 Å². The summed E-state index contributed by atoms with van der Waals surface area (Å²) in [5.74, 6) is -8.53. The van der Waals surface area contributed by atoms with E-state index in [9.17, 15) is 33.6 Å². The number of nitrogens with zero attached hydrogens (tertiary/aromatic N) is 4. The largest absolute Gasteiger partial charge is 0.450 e. The maximum Gasteiger partial charge on any atom is 0.329 e. The Kier molecular flexibility index (Phi) is 23.9. The predicted molar refractivity (Wildman–Crippen MR) is 300 cm³/mol. The fourth-order valence-corrected chi connectivity index (χ4v) is 10.6. The fraction of sp³-hybridized carbons (Fsp3) is 0.650. The summed E-state index contributed by atoms with van der Waals surface area (Å²) in [6.07, 6.45) is -0.0331. The van der Waals surface area contributed by atoms with Crippen LogP contribution in [-0.2, 0) is 60.7 Å². The predicted octanol–water partition coefficient (Wildman–Crippen LogP) is 5.16. The second kappa shape index (κ2) is 29.0. The van der Waals surface area contributed by atoms with Gasteiger partial charge in [0.25, 0.3) is 5.91 Å². The number of rotatable bonds is 13. The molecule has 78 heavy (non-hydrogen) atoms. The highest BCUT2D eigenvalue weighted by atomic mass is 16.6. The number of nitrogens with one attached hydrogen (secondary N) is 4. The van der Waals surface area contributed by atoms with Gasteiger partial charge in [0.15, 0.2) is 6.10 Å². The van der Waals surface area contributed by atoms with Crippen molar-refractivity contribution in [3.8, 4) is 0 Å². The van der Waals surface area contributed by atoms with Crippen molar-refractivity contribution in [2.75, 3.05) is 27.7 Å². The first kappa shape index (κ1) is 64.2. The van der Waals surface area contributed by atoms with Crippen LogP contribution in [0.25, 0.3) is 0 Å². The number of amides is 8. The zero-order chi connectivity index (χ0) is 58.5. The Labute approximate surface area is 464 Å². The van der Waals surface area contributed by atoms with Crippen molar-refractivity contribution in [2.45, 2.75) is 183 Å². The van der Waals surface area contributed by atoms with Crippen molar-refractivity contribution in [1.29, 1.82) is 0 Å². The minimum Gasteiger partial charge on any atom is -0.450 e. The third kappa shape index (κ3) is 16.4. The molecule has 0 bridgehead atoms. The molecule has 0 radical (unpaired) electrons. The average molecular weight is 1090 g/mol. The van der Waals surface area contributed by atoms with Crippen LogP contribution in [0.5, 0.6) is 0 Å². The molecule has 2 heterocycles. The lowest BCUT2D eigenvalue weighted by atomic mass is 9.88. The van der Waals surface area contributed by atoms with Crippen molar-refractivity contribution < 1.29 is 47.9 Å².